The van der Waals surface area contributed by atoms with Gasteiger partial charge in [-0.1, -0.05) is 6.92 Å². The van der Waals surface area contributed by atoms with E-state index in [2.05, 4.69) is 45.2 Å². The van der Waals surface area contributed by atoms with Crippen molar-refractivity contribution < 1.29 is 18.5 Å². The van der Waals surface area contributed by atoms with Crippen LogP contribution in [0.1, 0.15) is 27.2 Å². The maximum Gasteiger partial charge on any atom is 0.472 e. The lowest BCUT2D eigenvalue weighted by molar-refractivity contribution is 0.161. The normalized spacial score (nSPS) is 14.7. The first kappa shape index (κ1) is 17.4. The van der Waals surface area contributed by atoms with Crippen molar-refractivity contribution in [3.63, 3.8) is 0 Å². The number of phosphoric acid groups is 1. The van der Waals surface area contributed by atoms with Crippen molar-refractivity contribution in [3.05, 3.63) is 12.4 Å². The van der Waals surface area contributed by atoms with Crippen LogP contribution in [0.3, 0.4) is 0 Å². The summed E-state index contributed by atoms with van der Waals surface area (Å²) in [7, 11) is -1.60. The zero-order chi connectivity index (χ0) is 14.0. The molecule has 0 radical (unpaired) electrons. The molecule has 0 spiro atoms. The van der Waals surface area contributed by atoms with E-state index in [1.54, 1.807) is 13.8 Å². The van der Waals surface area contributed by atoms with Crippen LogP contribution < -0.4 is 0 Å². The van der Waals surface area contributed by atoms with Gasteiger partial charge >= 0.3 is 7.82 Å². The molecule has 1 aliphatic heterocycles. The predicted molar refractivity (Wildman–Crippen MR) is 71.8 cm³/mol. The van der Waals surface area contributed by atoms with Crippen molar-refractivity contribution in [1.29, 1.82) is 0 Å². The minimum absolute atomic E-state index is 0.188. The largest absolute Gasteiger partial charge is 0.472 e. The van der Waals surface area contributed by atoms with Crippen molar-refractivity contribution in [2.75, 3.05) is 33.5 Å². The molecule has 1 aliphatic rings. The summed E-state index contributed by atoms with van der Waals surface area (Å²) >= 11 is 0. The Labute approximate surface area is 110 Å². The van der Waals surface area contributed by atoms with Crippen molar-refractivity contribution >= 4 is 7.82 Å². The summed E-state index contributed by atoms with van der Waals surface area (Å²) in [5.74, 6) is 0. The maximum absolute atomic E-state index is 10.5. The Balaban J connectivity index is 0.000000321. The summed E-state index contributed by atoms with van der Waals surface area (Å²) in [5.41, 5.74) is 0. The summed E-state index contributed by atoms with van der Waals surface area (Å²) in [6.45, 7) is 8.08. The SMILES string of the molecule is CCCN1C=CN(C)C1.CCOP(=O)(O)OCC. The summed E-state index contributed by atoms with van der Waals surface area (Å²) in [6.07, 6.45) is 5.48. The minimum Gasteiger partial charge on any atom is -0.362 e. The molecule has 0 unspecified atom stereocenters. The van der Waals surface area contributed by atoms with Crippen LogP contribution in [0, 0.1) is 0 Å². The molecule has 0 saturated heterocycles. The Morgan fingerprint density at radius 1 is 1.22 bits per heavy atom. The molecular formula is C11H25N2O4P. The molecule has 0 fully saturated rings. The first-order chi connectivity index (χ1) is 8.45. The van der Waals surface area contributed by atoms with Crippen LogP contribution in [0.5, 0.6) is 0 Å². The molecule has 1 rings (SSSR count). The van der Waals surface area contributed by atoms with E-state index in [0.29, 0.717) is 0 Å². The molecule has 18 heavy (non-hydrogen) atoms. The van der Waals surface area contributed by atoms with Gasteiger partial charge in [-0.25, -0.2) is 4.57 Å². The van der Waals surface area contributed by atoms with Crippen LogP contribution in [0.25, 0.3) is 0 Å². The third-order valence-corrected chi connectivity index (χ3v) is 3.20. The molecule has 7 heteroatoms. The van der Waals surface area contributed by atoms with E-state index >= 15 is 0 Å². The molecule has 0 amide bonds. The maximum atomic E-state index is 10.5. The average molecular weight is 280 g/mol. The molecular weight excluding hydrogens is 255 g/mol. The van der Waals surface area contributed by atoms with Crippen LogP contribution in [0.2, 0.25) is 0 Å². The van der Waals surface area contributed by atoms with Crippen LogP contribution in [-0.2, 0) is 13.6 Å². The second-order valence-electron chi connectivity index (χ2n) is 3.81. The zero-order valence-corrected chi connectivity index (χ0v) is 12.6. The van der Waals surface area contributed by atoms with Crippen molar-refractivity contribution in [2.45, 2.75) is 27.2 Å². The van der Waals surface area contributed by atoms with Gasteiger partial charge in [-0.3, -0.25) is 9.05 Å². The Morgan fingerprint density at radius 2 is 1.78 bits per heavy atom. The lowest BCUT2D eigenvalue weighted by Crippen LogP contribution is -2.22. The second-order valence-corrected chi connectivity index (χ2v) is 5.27. The highest BCUT2D eigenvalue weighted by Gasteiger charge is 2.17. The summed E-state index contributed by atoms with van der Waals surface area (Å²) < 4.78 is 19.2. The van der Waals surface area contributed by atoms with Gasteiger partial charge in [0.05, 0.1) is 19.9 Å². The molecule has 0 aliphatic carbocycles. The molecule has 108 valence electrons. The van der Waals surface area contributed by atoms with E-state index in [4.69, 9.17) is 4.89 Å². The minimum atomic E-state index is -3.69. The van der Waals surface area contributed by atoms with E-state index < -0.39 is 7.82 Å². The summed E-state index contributed by atoms with van der Waals surface area (Å²) in [4.78, 5) is 13.1. The lowest BCUT2D eigenvalue weighted by atomic mass is 10.4. The van der Waals surface area contributed by atoms with Gasteiger partial charge in [0, 0.05) is 26.0 Å². The van der Waals surface area contributed by atoms with Crippen LogP contribution in [0.15, 0.2) is 12.4 Å². The smallest absolute Gasteiger partial charge is 0.362 e. The lowest BCUT2D eigenvalue weighted by Gasteiger charge is -2.16. The first-order valence-corrected chi connectivity index (χ1v) is 7.69. The van der Waals surface area contributed by atoms with E-state index in [1.807, 2.05) is 0 Å². The quantitative estimate of drug-likeness (QED) is 0.753. The van der Waals surface area contributed by atoms with Crippen LogP contribution in [-0.4, -0.2) is 48.2 Å². The highest BCUT2D eigenvalue weighted by atomic mass is 31.2. The van der Waals surface area contributed by atoms with Gasteiger partial charge in [0.15, 0.2) is 0 Å². The number of hydrogen-bond acceptors (Lipinski definition) is 5. The monoisotopic (exact) mass is 280 g/mol. The Hall–Kier alpha value is -0.550. The van der Waals surface area contributed by atoms with Gasteiger partial charge in [0.2, 0.25) is 0 Å². The predicted octanol–water partition coefficient (Wildman–Crippen LogP) is 2.23. The highest BCUT2D eigenvalue weighted by Crippen LogP contribution is 2.42. The van der Waals surface area contributed by atoms with E-state index in [9.17, 15) is 4.57 Å². The van der Waals surface area contributed by atoms with Crippen LogP contribution in [0.4, 0.5) is 0 Å². The number of phosphoric ester groups is 1. The average Bonchev–Trinajstić information content (AvgIpc) is 2.65. The first-order valence-electron chi connectivity index (χ1n) is 6.19. The highest BCUT2D eigenvalue weighted by molar-refractivity contribution is 7.47. The Kier molecular flexibility index (Phi) is 9.10. The molecule has 6 nitrogen and oxygen atoms in total. The third-order valence-electron chi connectivity index (χ3n) is 2.03. The van der Waals surface area contributed by atoms with Crippen LogP contribution >= 0.6 is 7.82 Å². The fourth-order valence-electron chi connectivity index (χ4n) is 1.38. The molecule has 0 aromatic rings. The van der Waals surface area contributed by atoms with E-state index in [0.717, 1.165) is 6.67 Å². The van der Waals surface area contributed by atoms with Gasteiger partial charge in [0.1, 0.15) is 0 Å². The second kappa shape index (κ2) is 9.39. The number of rotatable bonds is 6. The number of hydrogen-bond donors (Lipinski definition) is 1. The topological polar surface area (TPSA) is 62.2 Å². The molecule has 0 atom stereocenters. The van der Waals surface area contributed by atoms with Crippen molar-refractivity contribution in [3.8, 4) is 0 Å². The summed E-state index contributed by atoms with van der Waals surface area (Å²) in [5, 5.41) is 0. The van der Waals surface area contributed by atoms with E-state index in [-0.39, 0.29) is 13.2 Å². The molecule has 1 N–H and O–H groups in total. The van der Waals surface area contributed by atoms with Gasteiger partial charge in [0.25, 0.3) is 0 Å². The molecule has 1 heterocycles. The van der Waals surface area contributed by atoms with Gasteiger partial charge in [-0.05, 0) is 20.3 Å². The molecule has 0 bridgehead atoms. The van der Waals surface area contributed by atoms with Crippen molar-refractivity contribution in [2.24, 2.45) is 0 Å². The fraction of sp³-hybridized carbons (Fsp3) is 0.818. The third kappa shape index (κ3) is 8.53. The van der Waals surface area contributed by atoms with Gasteiger partial charge < -0.3 is 14.7 Å². The standard InChI is InChI=1S/C7H14N2.C4H11O4P/c1-3-4-9-6-5-8(2)7-9;1-3-7-9(5,6)8-4-2/h5-6H,3-4,7H2,1-2H3;3-4H2,1-2H3,(H,5,6). The Morgan fingerprint density at radius 3 is 2.11 bits per heavy atom. The van der Waals surface area contributed by atoms with E-state index in [1.165, 1.54) is 13.0 Å². The Bertz CT molecular complexity index is 276. The zero-order valence-electron chi connectivity index (χ0n) is 11.7. The molecule has 0 aromatic carbocycles. The summed E-state index contributed by atoms with van der Waals surface area (Å²) in [6, 6.07) is 0. The fourth-order valence-corrected chi connectivity index (χ4v) is 2.11. The molecule has 0 aromatic heterocycles. The van der Waals surface area contributed by atoms with Crippen molar-refractivity contribution in [1.82, 2.24) is 9.80 Å². The number of nitrogens with zero attached hydrogens (tertiary/aromatic N) is 2. The van der Waals surface area contributed by atoms with Gasteiger partial charge in [-0.15, -0.1) is 0 Å². The molecule has 0 saturated carbocycles. The van der Waals surface area contributed by atoms with Gasteiger partial charge in [-0.2, -0.15) is 0 Å².